The van der Waals surface area contributed by atoms with Crippen molar-refractivity contribution in [3.8, 4) is 0 Å². The lowest BCUT2D eigenvalue weighted by atomic mass is 10.2. The Hall–Kier alpha value is -1.67. The van der Waals surface area contributed by atoms with Crippen molar-refractivity contribution in [2.45, 2.75) is 26.4 Å². The lowest BCUT2D eigenvalue weighted by Gasteiger charge is -2.36. The van der Waals surface area contributed by atoms with Gasteiger partial charge in [-0.1, -0.05) is 0 Å². The van der Waals surface area contributed by atoms with E-state index in [1.807, 2.05) is 17.2 Å². The number of rotatable bonds is 4. The van der Waals surface area contributed by atoms with Crippen LogP contribution in [0.25, 0.3) is 0 Å². The van der Waals surface area contributed by atoms with E-state index in [1.54, 1.807) is 23.2 Å². The number of hydrogen-bond acceptors (Lipinski definition) is 5. The molecule has 21 heavy (non-hydrogen) atoms. The van der Waals surface area contributed by atoms with Crippen LogP contribution in [0.3, 0.4) is 0 Å². The van der Waals surface area contributed by atoms with Gasteiger partial charge in [0, 0.05) is 31.6 Å². The van der Waals surface area contributed by atoms with Gasteiger partial charge in [0.1, 0.15) is 6.04 Å². The molecule has 1 unspecified atom stereocenters. The number of hydrogen-bond donors (Lipinski definition) is 2. The van der Waals surface area contributed by atoms with Crippen molar-refractivity contribution in [2.75, 3.05) is 26.2 Å². The molecule has 1 aromatic heterocycles. The highest BCUT2D eigenvalue weighted by atomic mass is 32.1. The number of amides is 2. The standard InChI is InChI=1S/C13H20N4O3S/c1-9(12(18)19)16-3-5-17(6-4-16)13(20)14-7-11-8-21-10(2)15-11/h8-9H,3-7H2,1-2H3,(H,14,20)(H,18,19). The number of nitrogens with one attached hydrogen (secondary N) is 1. The summed E-state index contributed by atoms with van der Waals surface area (Å²) in [6.07, 6.45) is 0. The first-order valence-electron chi connectivity index (χ1n) is 6.88. The van der Waals surface area contributed by atoms with Crippen LogP contribution in [0.1, 0.15) is 17.6 Å². The van der Waals surface area contributed by atoms with Gasteiger partial charge >= 0.3 is 12.0 Å². The zero-order valence-electron chi connectivity index (χ0n) is 12.2. The number of aliphatic carboxylic acids is 1. The molecule has 7 nitrogen and oxygen atoms in total. The number of carbonyl (C=O) groups is 2. The summed E-state index contributed by atoms with van der Waals surface area (Å²) < 4.78 is 0. The Morgan fingerprint density at radius 3 is 2.62 bits per heavy atom. The molecule has 0 radical (unpaired) electrons. The average Bonchev–Trinajstić information content (AvgIpc) is 2.89. The summed E-state index contributed by atoms with van der Waals surface area (Å²) in [5, 5.41) is 14.7. The topological polar surface area (TPSA) is 85.8 Å². The van der Waals surface area contributed by atoms with Crippen LogP contribution in [-0.4, -0.2) is 64.1 Å². The van der Waals surface area contributed by atoms with E-state index in [9.17, 15) is 9.59 Å². The smallest absolute Gasteiger partial charge is 0.320 e. The van der Waals surface area contributed by atoms with Gasteiger partial charge in [-0.05, 0) is 13.8 Å². The summed E-state index contributed by atoms with van der Waals surface area (Å²) in [7, 11) is 0. The van der Waals surface area contributed by atoms with Crippen LogP contribution < -0.4 is 5.32 Å². The molecule has 0 aliphatic carbocycles. The van der Waals surface area contributed by atoms with Crippen molar-refractivity contribution in [1.29, 1.82) is 0 Å². The zero-order chi connectivity index (χ0) is 15.4. The molecule has 1 saturated heterocycles. The molecule has 1 aliphatic rings. The van der Waals surface area contributed by atoms with Crippen LogP contribution in [0.4, 0.5) is 4.79 Å². The summed E-state index contributed by atoms with van der Waals surface area (Å²) in [6, 6.07) is -0.628. The first kappa shape index (κ1) is 15.7. The number of urea groups is 1. The number of carboxylic acid groups (broad SMARTS) is 1. The number of piperazine rings is 1. The second-order valence-electron chi connectivity index (χ2n) is 5.05. The fourth-order valence-electron chi connectivity index (χ4n) is 2.24. The highest BCUT2D eigenvalue weighted by molar-refractivity contribution is 7.09. The van der Waals surface area contributed by atoms with E-state index in [4.69, 9.17) is 5.11 Å². The largest absolute Gasteiger partial charge is 0.480 e. The molecule has 2 rings (SSSR count). The molecule has 1 atom stereocenters. The summed E-state index contributed by atoms with van der Waals surface area (Å²) >= 11 is 1.56. The first-order valence-corrected chi connectivity index (χ1v) is 7.76. The molecule has 1 fully saturated rings. The van der Waals surface area contributed by atoms with E-state index >= 15 is 0 Å². The highest BCUT2D eigenvalue weighted by Crippen LogP contribution is 2.09. The van der Waals surface area contributed by atoms with Crippen molar-refractivity contribution >= 4 is 23.3 Å². The Labute approximate surface area is 127 Å². The Morgan fingerprint density at radius 2 is 2.10 bits per heavy atom. The number of carboxylic acids is 1. The molecule has 2 N–H and O–H groups in total. The van der Waals surface area contributed by atoms with E-state index in [2.05, 4.69) is 10.3 Å². The molecule has 2 heterocycles. The number of aryl methyl sites for hydroxylation is 1. The van der Waals surface area contributed by atoms with E-state index in [1.165, 1.54) is 0 Å². The molecule has 116 valence electrons. The second kappa shape index (κ2) is 6.86. The normalized spacial score (nSPS) is 17.5. The van der Waals surface area contributed by atoms with Crippen LogP contribution in [0.15, 0.2) is 5.38 Å². The maximum atomic E-state index is 12.0. The van der Waals surface area contributed by atoms with Gasteiger partial charge < -0.3 is 15.3 Å². The third-order valence-corrected chi connectivity index (χ3v) is 4.42. The first-order chi connectivity index (χ1) is 9.97. The van der Waals surface area contributed by atoms with Gasteiger partial charge in [-0.2, -0.15) is 0 Å². The average molecular weight is 312 g/mol. The number of thiazole rings is 1. The molecule has 0 bridgehead atoms. The maximum Gasteiger partial charge on any atom is 0.320 e. The molecule has 0 spiro atoms. The quantitative estimate of drug-likeness (QED) is 0.857. The molecular formula is C13H20N4O3S. The van der Waals surface area contributed by atoms with E-state index in [-0.39, 0.29) is 6.03 Å². The van der Waals surface area contributed by atoms with Gasteiger partial charge in [0.2, 0.25) is 0 Å². The molecule has 0 saturated carbocycles. The predicted molar refractivity (Wildman–Crippen MR) is 79.3 cm³/mol. The van der Waals surface area contributed by atoms with E-state index < -0.39 is 12.0 Å². The molecule has 8 heteroatoms. The molecule has 2 amide bonds. The van der Waals surface area contributed by atoms with Crippen molar-refractivity contribution in [1.82, 2.24) is 20.1 Å². The van der Waals surface area contributed by atoms with Crippen LogP contribution in [0.5, 0.6) is 0 Å². The fourth-order valence-corrected chi connectivity index (χ4v) is 2.85. The van der Waals surface area contributed by atoms with Crippen molar-refractivity contribution in [2.24, 2.45) is 0 Å². The zero-order valence-corrected chi connectivity index (χ0v) is 13.0. The highest BCUT2D eigenvalue weighted by Gasteiger charge is 2.27. The van der Waals surface area contributed by atoms with Crippen LogP contribution >= 0.6 is 11.3 Å². The predicted octanol–water partition coefficient (Wildman–Crippen LogP) is 0.752. The van der Waals surface area contributed by atoms with Gasteiger partial charge in [-0.15, -0.1) is 11.3 Å². The Kier molecular flexibility index (Phi) is 5.13. The molecule has 1 aliphatic heterocycles. The summed E-state index contributed by atoms with van der Waals surface area (Å²) in [4.78, 5) is 30.9. The van der Waals surface area contributed by atoms with E-state index in [0.29, 0.717) is 32.7 Å². The lowest BCUT2D eigenvalue weighted by molar-refractivity contribution is -0.143. The summed E-state index contributed by atoms with van der Waals surface area (Å²) in [6.45, 7) is 6.27. The van der Waals surface area contributed by atoms with Crippen LogP contribution in [-0.2, 0) is 11.3 Å². The fraction of sp³-hybridized carbons (Fsp3) is 0.615. The number of aromatic nitrogens is 1. The number of nitrogens with zero attached hydrogens (tertiary/aromatic N) is 3. The van der Waals surface area contributed by atoms with Crippen molar-refractivity contribution in [3.63, 3.8) is 0 Å². The summed E-state index contributed by atoms with van der Waals surface area (Å²) in [5.41, 5.74) is 0.865. The van der Waals surface area contributed by atoms with Crippen molar-refractivity contribution < 1.29 is 14.7 Å². The Balaban J connectivity index is 1.76. The van der Waals surface area contributed by atoms with Gasteiger partial charge in [0.25, 0.3) is 0 Å². The van der Waals surface area contributed by atoms with Crippen molar-refractivity contribution in [3.05, 3.63) is 16.1 Å². The number of carbonyl (C=O) groups excluding carboxylic acids is 1. The van der Waals surface area contributed by atoms with Crippen LogP contribution in [0, 0.1) is 6.92 Å². The van der Waals surface area contributed by atoms with Gasteiger partial charge in [0.05, 0.1) is 17.2 Å². The minimum absolute atomic E-state index is 0.122. The second-order valence-corrected chi connectivity index (χ2v) is 6.12. The molecule has 1 aromatic rings. The Morgan fingerprint density at radius 1 is 1.43 bits per heavy atom. The van der Waals surface area contributed by atoms with Gasteiger partial charge in [-0.25, -0.2) is 9.78 Å². The lowest BCUT2D eigenvalue weighted by Crippen LogP contribution is -2.55. The SMILES string of the molecule is Cc1nc(CNC(=O)N2CCN(C(C)C(=O)O)CC2)cs1. The van der Waals surface area contributed by atoms with Gasteiger partial charge in [0.15, 0.2) is 0 Å². The Bertz CT molecular complexity index is 511. The monoisotopic (exact) mass is 312 g/mol. The maximum absolute atomic E-state index is 12.0. The van der Waals surface area contributed by atoms with E-state index in [0.717, 1.165) is 10.7 Å². The summed E-state index contributed by atoms with van der Waals surface area (Å²) in [5.74, 6) is -0.827. The molecule has 0 aromatic carbocycles. The molecular weight excluding hydrogens is 292 g/mol. The van der Waals surface area contributed by atoms with Crippen LogP contribution in [0.2, 0.25) is 0 Å². The third-order valence-electron chi connectivity index (χ3n) is 3.59. The van der Waals surface area contributed by atoms with Gasteiger partial charge in [-0.3, -0.25) is 9.69 Å². The minimum atomic E-state index is -0.827. The third kappa shape index (κ3) is 4.15. The minimum Gasteiger partial charge on any atom is -0.480 e.